The molecule has 1 fully saturated rings. The zero-order chi connectivity index (χ0) is 27.1. The zero-order valence-corrected chi connectivity index (χ0v) is 22.1. The molecule has 3 aromatic rings. The van der Waals surface area contributed by atoms with Gasteiger partial charge in [0, 0.05) is 16.8 Å². The predicted octanol–water partition coefficient (Wildman–Crippen LogP) is 6.33. The van der Waals surface area contributed by atoms with E-state index in [4.69, 9.17) is 4.74 Å². The normalized spacial score (nSPS) is 17.4. The average Bonchev–Trinajstić information content (AvgIpc) is 3.11. The number of rotatable bonds is 5. The van der Waals surface area contributed by atoms with Gasteiger partial charge in [0.15, 0.2) is 0 Å². The molecule has 0 radical (unpaired) electrons. The smallest absolute Gasteiger partial charge is 0.300 e. The maximum absolute atomic E-state index is 13.5. The number of carbonyl (C=O) groups is 2. The Morgan fingerprint density at radius 2 is 1.68 bits per heavy atom. The van der Waals surface area contributed by atoms with Crippen molar-refractivity contribution in [3.8, 4) is 11.5 Å². The first-order valence-electron chi connectivity index (χ1n) is 12.4. The highest BCUT2D eigenvalue weighted by Crippen LogP contribution is 2.44. The number of aliphatic hydroxyl groups is 1. The molecule has 1 aliphatic heterocycles. The van der Waals surface area contributed by atoms with Crippen LogP contribution in [-0.4, -0.2) is 28.5 Å². The van der Waals surface area contributed by atoms with Crippen LogP contribution in [0.4, 0.5) is 5.69 Å². The van der Waals surface area contributed by atoms with Crippen LogP contribution in [0.25, 0.3) is 5.76 Å². The van der Waals surface area contributed by atoms with Crippen molar-refractivity contribution in [1.29, 1.82) is 0 Å². The van der Waals surface area contributed by atoms with Crippen LogP contribution in [0.3, 0.4) is 0 Å². The Hall–Kier alpha value is -4.06. The average molecular weight is 500 g/mol. The molecular weight excluding hydrogens is 466 g/mol. The Morgan fingerprint density at radius 3 is 2.30 bits per heavy atom. The SMILES string of the molecule is CCOc1ccc(/C(O)=C2/C(=O)C(=O)N(c3cccc(C)c3C)C2c2ccc(O)cc2)cc1C(C)(C)C. The molecule has 0 aliphatic carbocycles. The monoisotopic (exact) mass is 499 g/mol. The quantitative estimate of drug-likeness (QED) is 0.243. The summed E-state index contributed by atoms with van der Waals surface area (Å²) in [5, 5.41) is 21.5. The highest BCUT2D eigenvalue weighted by atomic mass is 16.5. The lowest BCUT2D eigenvalue weighted by Gasteiger charge is -2.27. The van der Waals surface area contributed by atoms with Crippen molar-refractivity contribution in [3.05, 3.63) is 94.1 Å². The lowest BCUT2D eigenvalue weighted by molar-refractivity contribution is -0.132. The minimum absolute atomic E-state index is 0.000569. The minimum Gasteiger partial charge on any atom is -0.508 e. The summed E-state index contributed by atoms with van der Waals surface area (Å²) < 4.78 is 5.81. The van der Waals surface area contributed by atoms with Gasteiger partial charge in [0.05, 0.1) is 18.2 Å². The highest BCUT2D eigenvalue weighted by Gasteiger charge is 2.47. The predicted molar refractivity (Wildman–Crippen MR) is 145 cm³/mol. The van der Waals surface area contributed by atoms with Crippen molar-refractivity contribution in [1.82, 2.24) is 0 Å². The van der Waals surface area contributed by atoms with Gasteiger partial charge in [-0.2, -0.15) is 0 Å². The van der Waals surface area contributed by atoms with Crippen molar-refractivity contribution >= 4 is 23.1 Å². The zero-order valence-electron chi connectivity index (χ0n) is 22.1. The second-order valence-electron chi connectivity index (χ2n) is 10.4. The number of hydrogen-bond donors (Lipinski definition) is 2. The molecule has 1 unspecified atom stereocenters. The molecule has 1 saturated heterocycles. The first kappa shape index (κ1) is 26.0. The summed E-state index contributed by atoms with van der Waals surface area (Å²) in [6.45, 7) is 12.4. The second kappa shape index (κ2) is 9.77. The molecule has 1 aliphatic rings. The maximum Gasteiger partial charge on any atom is 0.300 e. The van der Waals surface area contributed by atoms with Gasteiger partial charge in [-0.15, -0.1) is 0 Å². The first-order valence-corrected chi connectivity index (χ1v) is 12.4. The maximum atomic E-state index is 13.5. The lowest BCUT2D eigenvalue weighted by atomic mass is 9.84. The standard InChI is InChI=1S/C31H33NO5/c1-7-37-25-16-13-21(17-23(25)31(4,5)6)28(34)26-27(20-11-14-22(33)15-12-20)32(30(36)29(26)35)24-10-8-9-18(2)19(24)3/h8-17,27,33-34H,7H2,1-6H3/b28-26-. The number of aromatic hydroxyl groups is 1. The number of ether oxygens (including phenoxy) is 1. The van der Waals surface area contributed by atoms with Crippen LogP contribution < -0.4 is 9.64 Å². The van der Waals surface area contributed by atoms with Crippen LogP contribution in [0.1, 0.15) is 61.6 Å². The number of nitrogens with zero attached hydrogens (tertiary/aromatic N) is 1. The fraction of sp³-hybridized carbons (Fsp3) is 0.290. The van der Waals surface area contributed by atoms with E-state index in [0.717, 1.165) is 16.7 Å². The van der Waals surface area contributed by atoms with E-state index >= 15 is 0 Å². The molecule has 4 rings (SSSR count). The summed E-state index contributed by atoms with van der Waals surface area (Å²) in [6.07, 6.45) is 0. The molecule has 3 aromatic carbocycles. The summed E-state index contributed by atoms with van der Waals surface area (Å²) in [5.41, 5.74) is 4.06. The minimum atomic E-state index is -0.870. The molecule has 0 saturated carbocycles. The Bertz CT molecular complexity index is 1400. The summed E-state index contributed by atoms with van der Waals surface area (Å²) in [4.78, 5) is 28.5. The third kappa shape index (κ3) is 4.71. The van der Waals surface area contributed by atoms with E-state index in [0.29, 0.717) is 29.2 Å². The van der Waals surface area contributed by atoms with Crippen molar-refractivity contribution in [2.45, 2.75) is 53.0 Å². The number of ketones is 1. The number of aliphatic hydroxyl groups excluding tert-OH is 1. The Balaban J connectivity index is 1.97. The first-order chi connectivity index (χ1) is 17.5. The van der Waals surface area contributed by atoms with E-state index in [1.165, 1.54) is 17.0 Å². The number of phenolic OH excluding ortho intramolecular Hbond substituents is 1. The number of Topliss-reactive ketones (excluding diaryl/α,β-unsaturated/α-hetero) is 1. The third-order valence-electron chi connectivity index (χ3n) is 6.85. The van der Waals surface area contributed by atoms with Crippen LogP contribution in [0.5, 0.6) is 11.5 Å². The summed E-state index contributed by atoms with van der Waals surface area (Å²) in [7, 11) is 0. The number of benzene rings is 3. The number of phenols is 1. The highest BCUT2D eigenvalue weighted by molar-refractivity contribution is 6.51. The number of carbonyl (C=O) groups excluding carboxylic acids is 2. The van der Waals surface area contributed by atoms with Gasteiger partial charge >= 0.3 is 0 Å². The summed E-state index contributed by atoms with van der Waals surface area (Å²) in [6, 6.07) is 16.4. The van der Waals surface area contributed by atoms with Gasteiger partial charge in [-0.05, 0) is 79.3 Å². The van der Waals surface area contributed by atoms with E-state index in [2.05, 4.69) is 0 Å². The van der Waals surface area contributed by atoms with Crippen molar-refractivity contribution in [2.24, 2.45) is 0 Å². The third-order valence-corrected chi connectivity index (χ3v) is 6.85. The van der Waals surface area contributed by atoms with E-state index in [1.54, 1.807) is 30.3 Å². The molecule has 6 heteroatoms. The van der Waals surface area contributed by atoms with Crippen LogP contribution >= 0.6 is 0 Å². The second-order valence-corrected chi connectivity index (χ2v) is 10.4. The molecule has 1 heterocycles. The molecule has 6 nitrogen and oxygen atoms in total. The summed E-state index contributed by atoms with van der Waals surface area (Å²) >= 11 is 0. The van der Waals surface area contributed by atoms with Gasteiger partial charge in [0.25, 0.3) is 11.7 Å². The summed E-state index contributed by atoms with van der Waals surface area (Å²) in [5.74, 6) is -0.956. The molecule has 1 amide bonds. The topological polar surface area (TPSA) is 87.1 Å². The van der Waals surface area contributed by atoms with Crippen molar-refractivity contribution in [3.63, 3.8) is 0 Å². The largest absolute Gasteiger partial charge is 0.508 e. The van der Waals surface area contributed by atoms with E-state index in [9.17, 15) is 19.8 Å². The molecule has 0 bridgehead atoms. The molecule has 0 spiro atoms. The van der Waals surface area contributed by atoms with Crippen molar-refractivity contribution < 1.29 is 24.5 Å². The van der Waals surface area contributed by atoms with Gasteiger partial charge in [-0.1, -0.05) is 45.0 Å². The Labute approximate surface area is 217 Å². The van der Waals surface area contributed by atoms with Gasteiger partial charge in [0.2, 0.25) is 0 Å². The fourth-order valence-corrected chi connectivity index (χ4v) is 4.75. The van der Waals surface area contributed by atoms with Crippen molar-refractivity contribution in [2.75, 3.05) is 11.5 Å². The van der Waals surface area contributed by atoms with Gasteiger partial charge in [0.1, 0.15) is 17.3 Å². The van der Waals surface area contributed by atoms with Gasteiger partial charge in [-0.25, -0.2) is 0 Å². The Kier molecular flexibility index (Phi) is 6.87. The number of anilines is 1. The van der Waals surface area contributed by atoms with E-state index in [1.807, 2.05) is 59.7 Å². The molecule has 192 valence electrons. The molecule has 1 atom stereocenters. The van der Waals surface area contributed by atoms with Gasteiger partial charge < -0.3 is 14.9 Å². The molecule has 0 aromatic heterocycles. The van der Waals surface area contributed by atoms with Gasteiger partial charge in [-0.3, -0.25) is 14.5 Å². The van der Waals surface area contributed by atoms with E-state index < -0.39 is 17.7 Å². The fourth-order valence-electron chi connectivity index (χ4n) is 4.75. The van der Waals surface area contributed by atoms with Crippen LogP contribution in [-0.2, 0) is 15.0 Å². The number of hydrogen-bond acceptors (Lipinski definition) is 5. The van der Waals surface area contributed by atoms with E-state index in [-0.39, 0.29) is 22.5 Å². The van der Waals surface area contributed by atoms with Crippen LogP contribution in [0.2, 0.25) is 0 Å². The Morgan fingerprint density at radius 1 is 1.00 bits per heavy atom. The molecule has 37 heavy (non-hydrogen) atoms. The molecular formula is C31H33NO5. The molecule has 2 N–H and O–H groups in total. The van der Waals surface area contributed by atoms with Crippen LogP contribution in [0, 0.1) is 13.8 Å². The number of aryl methyl sites for hydroxylation is 1. The number of amides is 1. The van der Waals surface area contributed by atoms with Crippen LogP contribution in [0.15, 0.2) is 66.2 Å². The lowest BCUT2D eigenvalue weighted by Crippen LogP contribution is -2.30.